The van der Waals surface area contributed by atoms with Crippen molar-refractivity contribution in [1.82, 2.24) is 24.6 Å². The summed E-state index contributed by atoms with van der Waals surface area (Å²) in [4.78, 5) is 12.6. The molecule has 38 heavy (non-hydrogen) atoms. The lowest BCUT2D eigenvalue weighted by molar-refractivity contribution is 0.0378. The standard InChI is InChI=1S/C31H33N5O2/c1-37-24-14-27-30(33-17-24)29(34-36(27)26-7-3-5-20-4-2-6-25(20)26)21-8-9-28(32-16-21)31-15-22(31)18-35(19-31)23-10-12-38-13-11-23/h3,5,7-9,14,16-17,22-23H,2,4,6,10-13,15,18-19H2,1H3. The average Bonchev–Trinajstić information content (AvgIpc) is 3.33. The summed E-state index contributed by atoms with van der Waals surface area (Å²) >= 11 is 0. The largest absolute Gasteiger partial charge is 0.495 e. The van der Waals surface area contributed by atoms with E-state index in [0.717, 1.165) is 85.1 Å². The quantitative estimate of drug-likeness (QED) is 0.389. The molecule has 0 bridgehead atoms. The second-order valence-electron chi connectivity index (χ2n) is 11.5. The Kier molecular flexibility index (Phi) is 5.14. The minimum absolute atomic E-state index is 0.231. The predicted octanol–water partition coefficient (Wildman–Crippen LogP) is 4.73. The van der Waals surface area contributed by atoms with Gasteiger partial charge in [-0.15, -0.1) is 0 Å². The molecule has 0 amide bonds. The molecule has 0 N–H and O–H groups in total. The number of aryl methyl sites for hydroxylation is 1. The van der Waals surface area contributed by atoms with Gasteiger partial charge in [-0.05, 0) is 73.8 Å². The highest BCUT2D eigenvalue weighted by Crippen LogP contribution is 2.59. The van der Waals surface area contributed by atoms with Crippen molar-refractivity contribution in [2.75, 3.05) is 33.4 Å². The first kappa shape index (κ1) is 22.7. The SMILES string of the molecule is COc1cnc2c(-c3ccc(C45CC4CN(C4CCOCC4)C5)nc3)nn(-c3cccc4c3CCC4)c2c1. The molecule has 7 nitrogen and oxygen atoms in total. The Morgan fingerprint density at radius 1 is 1.05 bits per heavy atom. The smallest absolute Gasteiger partial charge is 0.139 e. The van der Waals surface area contributed by atoms with Crippen LogP contribution in [0.2, 0.25) is 0 Å². The van der Waals surface area contributed by atoms with E-state index in [2.05, 4.69) is 39.9 Å². The maximum absolute atomic E-state index is 5.60. The van der Waals surface area contributed by atoms with Crippen LogP contribution in [0.1, 0.15) is 42.5 Å². The van der Waals surface area contributed by atoms with Gasteiger partial charge in [-0.2, -0.15) is 5.10 Å². The van der Waals surface area contributed by atoms with E-state index in [1.807, 2.05) is 12.3 Å². The van der Waals surface area contributed by atoms with Crippen LogP contribution in [0.4, 0.5) is 0 Å². The number of hydrogen-bond acceptors (Lipinski definition) is 6. The van der Waals surface area contributed by atoms with Crippen molar-refractivity contribution in [3.63, 3.8) is 0 Å². The van der Waals surface area contributed by atoms with Crippen molar-refractivity contribution in [2.24, 2.45) is 5.92 Å². The van der Waals surface area contributed by atoms with E-state index in [9.17, 15) is 0 Å². The summed E-state index contributed by atoms with van der Waals surface area (Å²) < 4.78 is 13.2. The van der Waals surface area contributed by atoms with Crippen molar-refractivity contribution >= 4 is 11.0 Å². The summed E-state index contributed by atoms with van der Waals surface area (Å²) in [6, 6.07) is 13.7. The number of aromatic nitrogens is 4. The third-order valence-electron chi connectivity index (χ3n) is 9.51. The Morgan fingerprint density at radius 3 is 2.82 bits per heavy atom. The molecule has 2 atom stereocenters. The number of likely N-dealkylation sites (tertiary alicyclic amines) is 1. The molecule has 4 aliphatic rings. The number of fused-ring (bicyclic) bond motifs is 3. The summed E-state index contributed by atoms with van der Waals surface area (Å²) in [7, 11) is 1.68. The normalized spacial score (nSPS) is 25.0. The molecule has 3 aromatic heterocycles. The Morgan fingerprint density at radius 2 is 1.97 bits per heavy atom. The van der Waals surface area contributed by atoms with Crippen molar-refractivity contribution in [1.29, 1.82) is 0 Å². The topological polar surface area (TPSA) is 65.3 Å². The van der Waals surface area contributed by atoms with E-state index in [4.69, 9.17) is 24.5 Å². The lowest BCUT2D eigenvalue weighted by Crippen LogP contribution is -2.40. The van der Waals surface area contributed by atoms with E-state index in [1.165, 1.54) is 36.2 Å². The number of hydrogen-bond donors (Lipinski definition) is 0. The maximum atomic E-state index is 5.60. The molecular formula is C31H33N5O2. The van der Waals surface area contributed by atoms with Crippen LogP contribution in [-0.4, -0.2) is 64.1 Å². The molecule has 3 fully saturated rings. The van der Waals surface area contributed by atoms with Gasteiger partial charge in [0, 0.05) is 61.3 Å². The van der Waals surface area contributed by atoms with Gasteiger partial charge < -0.3 is 9.47 Å². The third-order valence-corrected chi connectivity index (χ3v) is 9.51. The monoisotopic (exact) mass is 507 g/mol. The van der Waals surface area contributed by atoms with Gasteiger partial charge in [0.15, 0.2) is 0 Å². The van der Waals surface area contributed by atoms with Crippen molar-refractivity contribution in [3.05, 3.63) is 65.6 Å². The first-order valence-electron chi connectivity index (χ1n) is 14.1. The maximum Gasteiger partial charge on any atom is 0.139 e. The molecule has 2 unspecified atom stereocenters. The molecule has 4 aromatic rings. The molecule has 2 aliphatic carbocycles. The van der Waals surface area contributed by atoms with Gasteiger partial charge in [-0.3, -0.25) is 9.88 Å². The van der Waals surface area contributed by atoms with E-state index in [-0.39, 0.29) is 5.41 Å². The fraction of sp³-hybridized carbons (Fsp3) is 0.452. The lowest BCUT2D eigenvalue weighted by Gasteiger charge is -2.33. The van der Waals surface area contributed by atoms with Gasteiger partial charge >= 0.3 is 0 Å². The summed E-state index contributed by atoms with van der Waals surface area (Å²) in [5.41, 5.74) is 9.17. The van der Waals surface area contributed by atoms with Crippen LogP contribution in [0.25, 0.3) is 28.0 Å². The van der Waals surface area contributed by atoms with Crippen LogP contribution >= 0.6 is 0 Å². The fourth-order valence-corrected chi connectivity index (χ4v) is 7.34. The number of ether oxygens (including phenoxy) is 2. The Hall–Kier alpha value is -3.29. The second-order valence-corrected chi connectivity index (χ2v) is 11.5. The highest BCUT2D eigenvalue weighted by atomic mass is 16.5. The van der Waals surface area contributed by atoms with Crippen molar-refractivity contribution in [2.45, 2.75) is 50.0 Å². The third kappa shape index (κ3) is 3.45. The molecule has 2 aliphatic heterocycles. The van der Waals surface area contributed by atoms with Crippen LogP contribution in [0.3, 0.4) is 0 Å². The van der Waals surface area contributed by atoms with E-state index in [1.54, 1.807) is 13.3 Å². The van der Waals surface area contributed by atoms with Crippen LogP contribution in [-0.2, 0) is 23.0 Å². The molecule has 1 aromatic carbocycles. The van der Waals surface area contributed by atoms with Gasteiger partial charge in [0.1, 0.15) is 17.0 Å². The van der Waals surface area contributed by atoms with Gasteiger partial charge in [0.2, 0.25) is 0 Å². The number of rotatable bonds is 5. The van der Waals surface area contributed by atoms with Crippen LogP contribution in [0, 0.1) is 5.92 Å². The van der Waals surface area contributed by atoms with E-state index >= 15 is 0 Å². The molecule has 2 saturated heterocycles. The summed E-state index contributed by atoms with van der Waals surface area (Å²) in [5, 5.41) is 5.15. The zero-order chi connectivity index (χ0) is 25.3. The molecule has 1 saturated carbocycles. The Labute approximate surface area is 222 Å². The molecule has 8 rings (SSSR count). The number of piperidine rings is 1. The Balaban J connectivity index is 1.15. The minimum atomic E-state index is 0.231. The highest BCUT2D eigenvalue weighted by Gasteiger charge is 2.62. The molecule has 5 heterocycles. The van der Waals surface area contributed by atoms with E-state index in [0.29, 0.717) is 6.04 Å². The summed E-state index contributed by atoms with van der Waals surface area (Å²) in [6.45, 7) is 4.14. The lowest BCUT2D eigenvalue weighted by atomic mass is 9.99. The molecule has 0 radical (unpaired) electrons. The first-order chi connectivity index (χ1) is 18.7. The summed E-state index contributed by atoms with van der Waals surface area (Å²) in [6.07, 6.45) is 10.8. The fourth-order valence-electron chi connectivity index (χ4n) is 7.34. The Bertz CT molecular complexity index is 1520. The average molecular weight is 508 g/mol. The zero-order valence-electron chi connectivity index (χ0n) is 21.9. The number of methoxy groups -OCH3 is 1. The van der Waals surface area contributed by atoms with Crippen molar-refractivity contribution in [3.8, 4) is 22.7 Å². The van der Waals surface area contributed by atoms with E-state index < -0.39 is 0 Å². The van der Waals surface area contributed by atoms with Gasteiger partial charge in [-0.1, -0.05) is 12.1 Å². The molecule has 194 valence electrons. The number of pyridine rings is 2. The van der Waals surface area contributed by atoms with Gasteiger partial charge in [0.05, 0.1) is 24.5 Å². The van der Waals surface area contributed by atoms with Gasteiger partial charge in [0.25, 0.3) is 0 Å². The van der Waals surface area contributed by atoms with Crippen molar-refractivity contribution < 1.29 is 9.47 Å². The first-order valence-corrected chi connectivity index (χ1v) is 14.1. The van der Waals surface area contributed by atoms with Crippen LogP contribution in [0.15, 0.2) is 48.8 Å². The molecule has 0 spiro atoms. The molecular weight excluding hydrogens is 474 g/mol. The summed E-state index contributed by atoms with van der Waals surface area (Å²) in [5.74, 6) is 1.47. The zero-order valence-corrected chi connectivity index (χ0v) is 21.9. The van der Waals surface area contributed by atoms with Crippen LogP contribution < -0.4 is 4.74 Å². The molecule has 7 heteroatoms. The highest BCUT2D eigenvalue weighted by molar-refractivity contribution is 5.91. The number of benzene rings is 1. The predicted molar refractivity (Wildman–Crippen MR) is 146 cm³/mol. The van der Waals surface area contributed by atoms with Gasteiger partial charge in [-0.25, -0.2) is 9.67 Å². The van der Waals surface area contributed by atoms with Crippen LogP contribution in [0.5, 0.6) is 5.75 Å². The number of nitrogens with zero attached hydrogens (tertiary/aromatic N) is 5. The second kappa shape index (κ2) is 8.61. The minimum Gasteiger partial charge on any atom is -0.495 e.